The molecule has 0 aliphatic carbocycles. The number of ether oxygens (including phenoxy) is 5. The van der Waals surface area contributed by atoms with Gasteiger partial charge in [-0.1, -0.05) is 42.5 Å². The molecule has 0 unspecified atom stereocenters. The van der Waals surface area contributed by atoms with Crippen LogP contribution in [0.2, 0.25) is 0 Å². The molecule has 3 rings (SSSR count). The minimum atomic E-state index is -0.671. The minimum absolute atomic E-state index is 0.0669. The van der Waals surface area contributed by atoms with E-state index in [1.807, 2.05) is 36.4 Å². The largest absolute Gasteiger partial charge is 0.496 e. The smallest absolute Gasteiger partial charge is 0.338 e. The zero-order valence-electron chi connectivity index (χ0n) is 20.7. The van der Waals surface area contributed by atoms with E-state index in [2.05, 4.69) is 0 Å². The number of para-hydroxylation sites is 1. The average Bonchev–Trinajstić information content (AvgIpc) is 2.93. The highest BCUT2D eigenvalue weighted by Gasteiger charge is 2.20. The predicted molar refractivity (Wildman–Crippen MR) is 137 cm³/mol. The van der Waals surface area contributed by atoms with Gasteiger partial charge in [0.2, 0.25) is 0 Å². The molecule has 0 spiro atoms. The maximum absolute atomic E-state index is 12.6. The van der Waals surface area contributed by atoms with Gasteiger partial charge < -0.3 is 23.7 Å². The Balaban J connectivity index is 2.16. The first kappa shape index (κ1) is 26.0. The molecule has 0 heterocycles. The molecule has 0 aromatic heterocycles. The van der Waals surface area contributed by atoms with E-state index in [-0.39, 0.29) is 5.57 Å². The Labute approximate surface area is 209 Å². The van der Waals surface area contributed by atoms with Gasteiger partial charge in [0, 0.05) is 30.0 Å². The number of aliphatic imine (C=N–C) groups is 1. The van der Waals surface area contributed by atoms with Crippen molar-refractivity contribution in [3.8, 4) is 28.4 Å². The number of benzene rings is 3. The number of carbonyl (C=O) groups excluding carboxylic acids is 2. The molecule has 0 bridgehead atoms. The Morgan fingerprint density at radius 2 is 1.36 bits per heavy atom. The van der Waals surface area contributed by atoms with E-state index in [1.54, 1.807) is 51.8 Å². The molecular formula is C28H27NO7. The van der Waals surface area contributed by atoms with Crippen LogP contribution in [-0.4, -0.2) is 53.7 Å². The Hall–Kier alpha value is -4.59. The summed E-state index contributed by atoms with van der Waals surface area (Å²) in [5, 5.41) is 0. The van der Waals surface area contributed by atoms with Crippen molar-refractivity contribution in [1.82, 2.24) is 0 Å². The van der Waals surface area contributed by atoms with E-state index in [4.69, 9.17) is 28.7 Å². The molecule has 0 radical (unpaired) electrons. The summed E-state index contributed by atoms with van der Waals surface area (Å²) >= 11 is 0. The van der Waals surface area contributed by atoms with Crippen molar-refractivity contribution < 1.29 is 33.3 Å². The van der Waals surface area contributed by atoms with Gasteiger partial charge in [0.1, 0.15) is 17.2 Å². The van der Waals surface area contributed by atoms with Crippen LogP contribution in [0.5, 0.6) is 17.2 Å². The van der Waals surface area contributed by atoms with Crippen LogP contribution in [0.1, 0.15) is 11.1 Å². The lowest BCUT2D eigenvalue weighted by Crippen LogP contribution is -2.08. The van der Waals surface area contributed by atoms with Crippen LogP contribution >= 0.6 is 0 Å². The van der Waals surface area contributed by atoms with E-state index < -0.39 is 11.9 Å². The van der Waals surface area contributed by atoms with Crippen LogP contribution < -0.4 is 14.2 Å². The number of nitrogens with zero attached hydrogens (tertiary/aromatic N) is 1. The lowest BCUT2D eigenvalue weighted by atomic mass is 9.93. The molecule has 8 nitrogen and oxygen atoms in total. The van der Waals surface area contributed by atoms with Gasteiger partial charge in [-0.2, -0.15) is 0 Å². The first-order valence-electron chi connectivity index (χ1n) is 10.9. The zero-order valence-corrected chi connectivity index (χ0v) is 20.7. The van der Waals surface area contributed by atoms with Crippen LogP contribution in [0.4, 0.5) is 5.69 Å². The van der Waals surface area contributed by atoms with E-state index in [0.717, 1.165) is 11.6 Å². The quantitative estimate of drug-likeness (QED) is 0.241. The summed E-state index contributed by atoms with van der Waals surface area (Å²) in [6.07, 6.45) is 2.76. The number of rotatable bonds is 9. The topological polar surface area (TPSA) is 92.7 Å². The van der Waals surface area contributed by atoms with Gasteiger partial charge in [0.15, 0.2) is 0 Å². The molecule has 0 atom stereocenters. The summed E-state index contributed by atoms with van der Waals surface area (Å²) < 4.78 is 26.0. The number of hydrogen-bond acceptors (Lipinski definition) is 8. The zero-order chi connectivity index (χ0) is 26.1. The van der Waals surface area contributed by atoms with Crippen molar-refractivity contribution in [3.63, 3.8) is 0 Å². The third-order valence-electron chi connectivity index (χ3n) is 5.37. The van der Waals surface area contributed by atoms with Crippen molar-refractivity contribution in [2.24, 2.45) is 4.99 Å². The van der Waals surface area contributed by atoms with Gasteiger partial charge in [0.25, 0.3) is 0 Å². The highest BCUT2D eigenvalue weighted by molar-refractivity contribution is 6.22. The maximum Gasteiger partial charge on any atom is 0.338 e. The molecule has 0 aliphatic heterocycles. The van der Waals surface area contributed by atoms with E-state index in [1.165, 1.54) is 14.2 Å². The van der Waals surface area contributed by atoms with Crippen molar-refractivity contribution in [2.75, 3.05) is 35.5 Å². The summed E-state index contributed by atoms with van der Waals surface area (Å²) in [4.78, 5) is 29.3. The highest BCUT2D eigenvalue weighted by Crippen LogP contribution is 2.37. The fourth-order valence-corrected chi connectivity index (χ4v) is 3.59. The second kappa shape index (κ2) is 12.2. The van der Waals surface area contributed by atoms with Crippen molar-refractivity contribution >= 4 is 29.4 Å². The molecule has 0 aliphatic rings. The third kappa shape index (κ3) is 5.72. The Morgan fingerprint density at radius 1 is 0.750 bits per heavy atom. The monoisotopic (exact) mass is 489 g/mol. The van der Waals surface area contributed by atoms with E-state index in [9.17, 15) is 9.59 Å². The summed E-state index contributed by atoms with van der Waals surface area (Å²) in [5.41, 5.74) is 3.22. The molecule has 0 saturated carbocycles. The molecule has 36 heavy (non-hydrogen) atoms. The standard InChI is InChI=1S/C28H27NO7/c1-32-18-14-25(33-2)23(26(15-18)34-3)17-29-24-13-9-8-12-21(24)19-10-6-7-11-20(19)22(28(31)36-5)16-27(30)35-4/h6-17H,1-5H3/b22-16-,29-17?. The fraction of sp³-hybridized carbons (Fsp3) is 0.179. The van der Waals surface area contributed by atoms with Crippen molar-refractivity contribution in [1.29, 1.82) is 0 Å². The normalized spacial score (nSPS) is 11.2. The summed E-state index contributed by atoms with van der Waals surface area (Å²) in [7, 11) is 7.16. The Kier molecular flexibility index (Phi) is 8.83. The SMILES string of the molecule is COC(=O)/C=C(\C(=O)OC)c1ccccc1-c1ccccc1N=Cc1c(OC)cc(OC)cc1OC. The van der Waals surface area contributed by atoms with Gasteiger partial charge >= 0.3 is 11.9 Å². The first-order chi connectivity index (χ1) is 17.5. The van der Waals surface area contributed by atoms with Gasteiger partial charge in [-0.15, -0.1) is 0 Å². The minimum Gasteiger partial charge on any atom is -0.496 e. The fourth-order valence-electron chi connectivity index (χ4n) is 3.59. The molecule has 0 amide bonds. The molecule has 8 heteroatoms. The van der Waals surface area contributed by atoms with Gasteiger partial charge in [-0.3, -0.25) is 4.99 Å². The Bertz CT molecular complexity index is 1290. The molecule has 0 fully saturated rings. The summed E-state index contributed by atoms with van der Waals surface area (Å²) in [6, 6.07) is 18.1. The van der Waals surface area contributed by atoms with Crippen LogP contribution in [0.15, 0.2) is 71.7 Å². The van der Waals surface area contributed by atoms with Crippen LogP contribution in [0, 0.1) is 0 Å². The van der Waals surface area contributed by atoms with Crippen molar-refractivity contribution in [3.05, 3.63) is 77.9 Å². The maximum atomic E-state index is 12.6. The molecule has 186 valence electrons. The summed E-state index contributed by atoms with van der Waals surface area (Å²) in [5.74, 6) is 0.309. The van der Waals surface area contributed by atoms with Crippen LogP contribution in [-0.2, 0) is 19.1 Å². The lowest BCUT2D eigenvalue weighted by molar-refractivity contribution is -0.136. The van der Waals surface area contributed by atoms with Crippen molar-refractivity contribution in [2.45, 2.75) is 0 Å². The number of hydrogen-bond donors (Lipinski definition) is 0. The first-order valence-corrected chi connectivity index (χ1v) is 10.9. The Morgan fingerprint density at radius 3 is 1.94 bits per heavy atom. The average molecular weight is 490 g/mol. The van der Waals surface area contributed by atoms with Gasteiger partial charge in [-0.05, 0) is 17.2 Å². The summed E-state index contributed by atoms with van der Waals surface area (Å²) in [6.45, 7) is 0. The van der Waals surface area contributed by atoms with Gasteiger partial charge in [0.05, 0.1) is 52.4 Å². The van der Waals surface area contributed by atoms with Crippen LogP contribution in [0.25, 0.3) is 16.7 Å². The number of carbonyl (C=O) groups is 2. The molecule has 3 aromatic carbocycles. The third-order valence-corrected chi connectivity index (χ3v) is 5.37. The predicted octanol–water partition coefficient (Wildman–Crippen LogP) is 4.86. The number of esters is 2. The highest BCUT2D eigenvalue weighted by atomic mass is 16.5. The molecule has 3 aromatic rings. The van der Waals surface area contributed by atoms with E-state index >= 15 is 0 Å². The van der Waals surface area contributed by atoms with E-state index in [0.29, 0.717) is 39.6 Å². The lowest BCUT2D eigenvalue weighted by Gasteiger charge is -2.14. The number of methoxy groups -OCH3 is 5. The molecule has 0 N–H and O–H groups in total. The molecular weight excluding hydrogens is 462 g/mol. The second-order valence-electron chi connectivity index (χ2n) is 7.34. The van der Waals surface area contributed by atoms with Crippen LogP contribution in [0.3, 0.4) is 0 Å². The molecule has 0 saturated heterocycles. The van der Waals surface area contributed by atoms with Gasteiger partial charge in [-0.25, -0.2) is 9.59 Å². The second-order valence-corrected chi connectivity index (χ2v) is 7.34.